The predicted molar refractivity (Wildman–Crippen MR) is 51.2 cm³/mol. The van der Waals surface area contributed by atoms with E-state index in [0.717, 1.165) is 12.3 Å². The lowest BCUT2D eigenvalue weighted by Crippen LogP contribution is -2.07. The van der Waals surface area contributed by atoms with Gasteiger partial charge in [0.05, 0.1) is 5.69 Å². The second-order valence-corrected chi connectivity index (χ2v) is 3.14. The van der Waals surface area contributed by atoms with Crippen molar-refractivity contribution in [2.45, 2.75) is 6.18 Å². The molecule has 0 amide bonds. The van der Waals surface area contributed by atoms with Crippen LogP contribution >= 0.6 is 0 Å². The molecule has 16 heavy (non-hydrogen) atoms. The molecular weight excluding hydrogens is 221 g/mol. The topological polar surface area (TPSA) is 67.6 Å². The lowest BCUT2D eigenvalue weighted by molar-refractivity contribution is -0.141. The number of aromatic nitrogens is 3. The van der Waals surface area contributed by atoms with Crippen LogP contribution in [-0.4, -0.2) is 15.2 Å². The fourth-order valence-electron chi connectivity index (χ4n) is 1.21. The third kappa shape index (κ3) is 1.97. The van der Waals surface area contributed by atoms with E-state index in [-0.39, 0.29) is 5.82 Å². The van der Waals surface area contributed by atoms with Crippen LogP contribution in [0.3, 0.4) is 0 Å². The maximum absolute atomic E-state index is 12.2. The molecule has 2 aromatic rings. The Hall–Kier alpha value is -2.05. The van der Waals surface area contributed by atoms with Crippen molar-refractivity contribution in [1.29, 1.82) is 0 Å². The SMILES string of the molecule is Nc1cc(-c2ccc(C(F)(F)F)nc2)[nH]n1. The molecule has 0 radical (unpaired) electrons. The van der Waals surface area contributed by atoms with Crippen LogP contribution in [0.4, 0.5) is 19.0 Å². The minimum absolute atomic E-state index is 0.273. The first-order valence-corrected chi connectivity index (χ1v) is 4.31. The normalized spacial score (nSPS) is 11.7. The minimum Gasteiger partial charge on any atom is -0.382 e. The predicted octanol–water partition coefficient (Wildman–Crippen LogP) is 2.07. The van der Waals surface area contributed by atoms with Crippen molar-refractivity contribution in [3.63, 3.8) is 0 Å². The van der Waals surface area contributed by atoms with Crippen molar-refractivity contribution in [3.8, 4) is 11.3 Å². The molecule has 0 bridgehead atoms. The molecule has 0 saturated heterocycles. The zero-order valence-electron chi connectivity index (χ0n) is 7.92. The van der Waals surface area contributed by atoms with Gasteiger partial charge < -0.3 is 5.73 Å². The Kier molecular flexibility index (Phi) is 2.30. The van der Waals surface area contributed by atoms with Crippen molar-refractivity contribution in [2.75, 3.05) is 5.73 Å². The molecule has 0 aliphatic rings. The van der Waals surface area contributed by atoms with Gasteiger partial charge in [-0.1, -0.05) is 0 Å². The number of rotatable bonds is 1. The Labute approximate surface area is 88.3 Å². The van der Waals surface area contributed by atoms with E-state index < -0.39 is 11.9 Å². The standard InChI is InChI=1S/C9H7F3N4/c10-9(11,12)7-2-1-5(4-14-7)6-3-8(13)16-15-6/h1-4H,(H3,13,15,16). The van der Waals surface area contributed by atoms with E-state index >= 15 is 0 Å². The van der Waals surface area contributed by atoms with Crippen LogP contribution in [0.5, 0.6) is 0 Å². The lowest BCUT2D eigenvalue weighted by atomic mass is 10.2. The highest BCUT2D eigenvalue weighted by atomic mass is 19.4. The van der Waals surface area contributed by atoms with Gasteiger partial charge in [0.25, 0.3) is 0 Å². The van der Waals surface area contributed by atoms with Crippen LogP contribution in [0.2, 0.25) is 0 Å². The average Bonchev–Trinajstić information content (AvgIpc) is 2.64. The third-order valence-electron chi connectivity index (χ3n) is 1.96. The van der Waals surface area contributed by atoms with E-state index in [1.165, 1.54) is 12.1 Å². The summed E-state index contributed by atoms with van der Waals surface area (Å²) in [6, 6.07) is 3.74. The number of nitrogens with two attached hydrogens (primary N) is 1. The molecule has 2 aromatic heterocycles. The smallest absolute Gasteiger partial charge is 0.382 e. The van der Waals surface area contributed by atoms with Crippen molar-refractivity contribution < 1.29 is 13.2 Å². The number of aromatic amines is 1. The Morgan fingerprint density at radius 3 is 2.44 bits per heavy atom. The lowest BCUT2D eigenvalue weighted by Gasteiger charge is -2.05. The number of halogens is 3. The summed E-state index contributed by atoms with van der Waals surface area (Å²) in [5.74, 6) is 0.273. The first-order chi connectivity index (χ1) is 7.47. The number of anilines is 1. The number of nitrogen functional groups attached to an aromatic ring is 1. The number of alkyl halides is 3. The number of H-pyrrole nitrogens is 1. The Morgan fingerprint density at radius 1 is 1.25 bits per heavy atom. The summed E-state index contributed by atoms with van der Waals surface area (Å²) in [5.41, 5.74) is 5.47. The Balaban J connectivity index is 2.33. The van der Waals surface area contributed by atoms with Gasteiger partial charge in [-0.3, -0.25) is 10.1 Å². The van der Waals surface area contributed by atoms with Crippen LogP contribution < -0.4 is 5.73 Å². The van der Waals surface area contributed by atoms with E-state index in [4.69, 9.17) is 5.73 Å². The molecule has 0 aromatic carbocycles. The second kappa shape index (κ2) is 3.51. The van der Waals surface area contributed by atoms with E-state index in [2.05, 4.69) is 15.2 Å². The van der Waals surface area contributed by atoms with Gasteiger partial charge in [-0.25, -0.2) is 0 Å². The summed E-state index contributed by atoms with van der Waals surface area (Å²) >= 11 is 0. The van der Waals surface area contributed by atoms with Crippen LogP contribution in [0.15, 0.2) is 24.4 Å². The first-order valence-electron chi connectivity index (χ1n) is 4.31. The van der Waals surface area contributed by atoms with E-state index in [0.29, 0.717) is 11.3 Å². The van der Waals surface area contributed by atoms with Gasteiger partial charge in [0.1, 0.15) is 11.5 Å². The van der Waals surface area contributed by atoms with Gasteiger partial charge in [0.2, 0.25) is 0 Å². The fourth-order valence-corrected chi connectivity index (χ4v) is 1.21. The first kappa shape index (κ1) is 10.5. The average molecular weight is 228 g/mol. The van der Waals surface area contributed by atoms with Crippen molar-refractivity contribution >= 4 is 5.82 Å². The van der Waals surface area contributed by atoms with Crippen LogP contribution in [0.1, 0.15) is 5.69 Å². The molecule has 0 saturated carbocycles. The highest BCUT2D eigenvalue weighted by Crippen LogP contribution is 2.28. The molecule has 3 N–H and O–H groups in total. The van der Waals surface area contributed by atoms with Crippen LogP contribution in [0.25, 0.3) is 11.3 Å². The summed E-state index contributed by atoms with van der Waals surface area (Å²) in [7, 11) is 0. The summed E-state index contributed by atoms with van der Waals surface area (Å²) in [6.45, 7) is 0. The largest absolute Gasteiger partial charge is 0.433 e. The number of hydrogen-bond donors (Lipinski definition) is 2. The maximum atomic E-state index is 12.2. The molecule has 0 fully saturated rings. The quantitative estimate of drug-likeness (QED) is 0.785. The van der Waals surface area contributed by atoms with E-state index in [9.17, 15) is 13.2 Å². The van der Waals surface area contributed by atoms with Crippen LogP contribution in [-0.2, 0) is 6.18 Å². The zero-order valence-corrected chi connectivity index (χ0v) is 7.92. The Bertz CT molecular complexity index is 486. The molecular formula is C9H7F3N4. The summed E-state index contributed by atoms with van der Waals surface area (Å²) in [6.07, 6.45) is -3.30. The molecule has 0 unspecified atom stereocenters. The molecule has 84 valence electrons. The molecule has 4 nitrogen and oxygen atoms in total. The highest BCUT2D eigenvalue weighted by molar-refractivity contribution is 5.60. The summed E-state index contributed by atoms with van der Waals surface area (Å²) in [4.78, 5) is 3.32. The van der Waals surface area contributed by atoms with E-state index in [1.807, 2.05) is 0 Å². The molecule has 0 aliphatic carbocycles. The zero-order chi connectivity index (χ0) is 11.8. The third-order valence-corrected chi connectivity index (χ3v) is 1.96. The fraction of sp³-hybridized carbons (Fsp3) is 0.111. The molecule has 0 atom stereocenters. The number of hydrogen-bond acceptors (Lipinski definition) is 3. The van der Waals surface area contributed by atoms with Gasteiger partial charge >= 0.3 is 6.18 Å². The monoisotopic (exact) mass is 228 g/mol. The van der Waals surface area contributed by atoms with Crippen LogP contribution in [0, 0.1) is 0 Å². The van der Waals surface area contributed by atoms with Gasteiger partial charge in [-0.2, -0.15) is 18.3 Å². The van der Waals surface area contributed by atoms with Gasteiger partial charge in [-0.05, 0) is 12.1 Å². The molecule has 2 rings (SSSR count). The second-order valence-electron chi connectivity index (χ2n) is 3.14. The number of nitrogens with zero attached hydrogens (tertiary/aromatic N) is 2. The summed E-state index contributed by atoms with van der Waals surface area (Å²) < 4.78 is 36.7. The van der Waals surface area contributed by atoms with Crippen molar-refractivity contribution in [2.24, 2.45) is 0 Å². The number of nitrogens with one attached hydrogen (secondary N) is 1. The maximum Gasteiger partial charge on any atom is 0.433 e. The van der Waals surface area contributed by atoms with Gasteiger partial charge in [0.15, 0.2) is 0 Å². The van der Waals surface area contributed by atoms with Crippen molar-refractivity contribution in [1.82, 2.24) is 15.2 Å². The molecule has 2 heterocycles. The number of pyridine rings is 1. The van der Waals surface area contributed by atoms with Gasteiger partial charge in [-0.15, -0.1) is 0 Å². The van der Waals surface area contributed by atoms with Crippen molar-refractivity contribution in [3.05, 3.63) is 30.1 Å². The Morgan fingerprint density at radius 2 is 2.00 bits per heavy atom. The minimum atomic E-state index is -4.43. The molecule has 0 spiro atoms. The van der Waals surface area contributed by atoms with E-state index in [1.54, 1.807) is 0 Å². The van der Waals surface area contributed by atoms with Gasteiger partial charge in [0, 0.05) is 17.8 Å². The molecule has 7 heteroatoms. The molecule has 0 aliphatic heterocycles. The highest BCUT2D eigenvalue weighted by Gasteiger charge is 2.32. The summed E-state index contributed by atoms with van der Waals surface area (Å²) in [5, 5.41) is 6.25.